The highest BCUT2D eigenvalue weighted by Gasteiger charge is 1.95. The first-order valence-corrected chi connectivity index (χ1v) is 8.03. The highest BCUT2D eigenvalue weighted by atomic mass is 14.7. The summed E-state index contributed by atoms with van der Waals surface area (Å²) in [5.41, 5.74) is 6.71. The van der Waals surface area contributed by atoms with E-state index in [2.05, 4.69) is 17.1 Å². The fourth-order valence-electron chi connectivity index (χ4n) is 2.41. The molecule has 0 atom stereocenters. The van der Waals surface area contributed by atoms with E-state index >= 15 is 0 Å². The number of hydrogen-bond acceptors (Lipinski definition) is 2. The van der Waals surface area contributed by atoms with Gasteiger partial charge in [-0.3, -0.25) is 4.98 Å². The van der Waals surface area contributed by atoms with Crippen molar-refractivity contribution >= 4 is 0 Å². The zero-order valence-electron chi connectivity index (χ0n) is 12.3. The van der Waals surface area contributed by atoms with Gasteiger partial charge in [0.15, 0.2) is 0 Å². The second-order valence-electron chi connectivity index (χ2n) is 5.40. The molecule has 1 rings (SSSR count). The summed E-state index contributed by atoms with van der Waals surface area (Å²) >= 11 is 0. The minimum absolute atomic E-state index is 0.857. The molecular formula is C17H30N2. The number of aromatic nitrogens is 1. The number of unbranched alkanes of at least 4 members (excludes halogenated alkanes) is 9. The first-order chi connectivity index (χ1) is 9.43. The molecular weight excluding hydrogens is 232 g/mol. The predicted octanol–water partition coefficient (Wildman–Crippen LogP) is 4.48. The largest absolute Gasteiger partial charge is 0.330 e. The zero-order valence-corrected chi connectivity index (χ0v) is 12.3. The lowest BCUT2D eigenvalue weighted by molar-refractivity contribution is 0.552. The first kappa shape index (κ1) is 16.2. The molecule has 0 radical (unpaired) electrons. The van der Waals surface area contributed by atoms with Crippen LogP contribution in [0.3, 0.4) is 0 Å². The summed E-state index contributed by atoms with van der Waals surface area (Å²) in [6.07, 6.45) is 16.6. The second-order valence-corrected chi connectivity index (χ2v) is 5.40. The molecule has 2 N–H and O–H groups in total. The molecule has 0 saturated heterocycles. The summed E-state index contributed by atoms with van der Waals surface area (Å²) in [5, 5.41) is 0. The normalized spacial score (nSPS) is 10.8. The number of nitrogens with two attached hydrogens (primary N) is 1. The molecule has 0 fully saturated rings. The van der Waals surface area contributed by atoms with Gasteiger partial charge in [0, 0.05) is 11.9 Å². The molecule has 0 saturated carbocycles. The Kier molecular flexibility index (Phi) is 10.3. The molecule has 108 valence electrons. The first-order valence-electron chi connectivity index (χ1n) is 8.03. The standard InChI is InChI=1S/C17H30N2/c18-15-11-8-6-4-2-1-3-5-7-9-13-17-14-10-12-16-19-17/h10,12,14,16H,1-9,11,13,15,18H2. The Morgan fingerprint density at radius 2 is 1.32 bits per heavy atom. The Labute approximate surface area is 118 Å². The molecule has 0 amide bonds. The van der Waals surface area contributed by atoms with Crippen LogP contribution in [0.5, 0.6) is 0 Å². The van der Waals surface area contributed by atoms with Crippen molar-refractivity contribution in [1.82, 2.24) is 4.98 Å². The van der Waals surface area contributed by atoms with Crippen LogP contribution in [0.2, 0.25) is 0 Å². The zero-order chi connectivity index (χ0) is 13.6. The maximum Gasteiger partial charge on any atom is 0.0403 e. The lowest BCUT2D eigenvalue weighted by Crippen LogP contribution is -1.97. The van der Waals surface area contributed by atoms with Gasteiger partial charge in [0.25, 0.3) is 0 Å². The third-order valence-corrected chi connectivity index (χ3v) is 3.61. The molecule has 0 unspecified atom stereocenters. The summed E-state index contributed by atoms with van der Waals surface area (Å²) in [4.78, 5) is 4.35. The SMILES string of the molecule is NCCCCCCCCCCCCc1ccccn1. The van der Waals surface area contributed by atoms with Crippen molar-refractivity contribution in [2.75, 3.05) is 6.54 Å². The second kappa shape index (κ2) is 12.2. The van der Waals surface area contributed by atoms with Crippen LogP contribution in [0.25, 0.3) is 0 Å². The van der Waals surface area contributed by atoms with E-state index in [0.717, 1.165) is 13.0 Å². The summed E-state index contributed by atoms with van der Waals surface area (Å²) in [6, 6.07) is 6.19. The van der Waals surface area contributed by atoms with E-state index in [1.807, 2.05) is 12.3 Å². The minimum atomic E-state index is 0.857. The smallest absolute Gasteiger partial charge is 0.0403 e. The molecule has 0 bridgehead atoms. The maximum atomic E-state index is 5.48. The maximum absolute atomic E-state index is 5.48. The topological polar surface area (TPSA) is 38.9 Å². The van der Waals surface area contributed by atoms with Gasteiger partial charge in [-0.1, -0.05) is 57.4 Å². The van der Waals surface area contributed by atoms with E-state index < -0.39 is 0 Å². The Bertz CT molecular complexity index is 285. The van der Waals surface area contributed by atoms with Crippen molar-refractivity contribution in [3.05, 3.63) is 30.1 Å². The molecule has 0 aliphatic rings. The van der Waals surface area contributed by atoms with E-state index in [1.165, 1.54) is 69.9 Å². The minimum Gasteiger partial charge on any atom is -0.330 e. The van der Waals surface area contributed by atoms with Gasteiger partial charge in [-0.15, -0.1) is 0 Å². The monoisotopic (exact) mass is 262 g/mol. The quantitative estimate of drug-likeness (QED) is 0.564. The molecule has 1 heterocycles. The number of aryl methyl sites for hydroxylation is 1. The molecule has 0 spiro atoms. The van der Waals surface area contributed by atoms with Gasteiger partial charge in [-0.2, -0.15) is 0 Å². The molecule has 2 nitrogen and oxygen atoms in total. The number of nitrogens with zero attached hydrogens (tertiary/aromatic N) is 1. The van der Waals surface area contributed by atoms with Gasteiger partial charge in [0.2, 0.25) is 0 Å². The van der Waals surface area contributed by atoms with Crippen molar-refractivity contribution in [2.45, 2.75) is 70.6 Å². The summed E-state index contributed by atoms with van der Waals surface area (Å²) in [5.74, 6) is 0. The summed E-state index contributed by atoms with van der Waals surface area (Å²) in [7, 11) is 0. The van der Waals surface area contributed by atoms with Gasteiger partial charge in [-0.05, 0) is 37.9 Å². The molecule has 0 aliphatic carbocycles. The average molecular weight is 262 g/mol. The van der Waals surface area contributed by atoms with Gasteiger partial charge >= 0.3 is 0 Å². The van der Waals surface area contributed by atoms with Crippen molar-refractivity contribution in [3.8, 4) is 0 Å². The van der Waals surface area contributed by atoms with Crippen LogP contribution in [0.1, 0.15) is 69.9 Å². The molecule has 19 heavy (non-hydrogen) atoms. The van der Waals surface area contributed by atoms with Crippen LogP contribution in [-0.2, 0) is 6.42 Å². The Balaban J connectivity index is 1.79. The van der Waals surface area contributed by atoms with Gasteiger partial charge in [0.1, 0.15) is 0 Å². The van der Waals surface area contributed by atoms with Gasteiger partial charge in [-0.25, -0.2) is 0 Å². The summed E-state index contributed by atoms with van der Waals surface area (Å²) in [6.45, 7) is 0.857. The van der Waals surface area contributed by atoms with E-state index in [9.17, 15) is 0 Å². The van der Waals surface area contributed by atoms with Crippen LogP contribution >= 0.6 is 0 Å². The van der Waals surface area contributed by atoms with E-state index in [0.29, 0.717) is 0 Å². The van der Waals surface area contributed by atoms with Crippen molar-refractivity contribution in [1.29, 1.82) is 0 Å². The molecule has 1 aromatic heterocycles. The third kappa shape index (κ3) is 9.66. The molecule has 0 aromatic carbocycles. The lowest BCUT2D eigenvalue weighted by Gasteiger charge is -2.02. The summed E-state index contributed by atoms with van der Waals surface area (Å²) < 4.78 is 0. The van der Waals surface area contributed by atoms with E-state index in [4.69, 9.17) is 5.73 Å². The Morgan fingerprint density at radius 3 is 1.84 bits per heavy atom. The Hall–Kier alpha value is -0.890. The van der Waals surface area contributed by atoms with Crippen molar-refractivity contribution in [2.24, 2.45) is 5.73 Å². The Morgan fingerprint density at radius 1 is 0.737 bits per heavy atom. The van der Waals surface area contributed by atoms with Gasteiger partial charge < -0.3 is 5.73 Å². The highest BCUT2D eigenvalue weighted by Crippen LogP contribution is 2.11. The van der Waals surface area contributed by atoms with Crippen LogP contribution < -0.4 is 5.73 Å². The van der Waals surface area contributed by atoms with Crippen LogP contribution in [0, 0.1) is 0 Å². The highest BCUT2D eigenvalue weighted by molar-refractivity contribution is 5.03. The third-order valence-electron chi connectivity index (χ3n) is 3.61. The predicted molar refractivity (Wildman–Crippen MR) is 83.2 cm³/mol. The number of pyridine rings is 1. The van der Waals surface area contributed by atoms with E-state index in [1.54, 1.807) is 0 Å². The van der Waals surface area contributed by atoms with E-state index in [-0.39, 0.29) is 0 Å². The lowest BCUT2D eigenvalue weighted by atomic mass is 10.1. The van der Waals surface area contributed by atoms with Crippen molar-refractivity contribution < 1.29 is 0 Å². The van der Waals surface area contributed by atoms with Crippen molar-refractivity contribution in [3.63, 3.8) is 0 Å². The number of hydrogen-bond donors (Lipinski definition) is 1. The molecule has 1 aromatic rings. The molecule has 2 heteroatoms. The van der Waals surface area contributed by atoms with Crippen LogP contribution in [0.15, 0.2) is 24.4 Å². The van der Waals surface area contributed by atoms with Crippen LogP contribution in [-0.4, -0.2) is 11.5 Å². The van der Waals surface area contributed by atoms with Gasteiger partial charge in [0.05, 0.1) is 0 Å². The fourth-order valence-corrected chi connectivity index (χ4v) is 2.41. The fraction of sp³-hybridized carbons (Fsp3) is 0.706. The van der Waals surface area contributed by atoms with Crippen LogP contribution in [0.4, 0.5) is 0 Å². The molecule has 0 aliphatic heterocycles. The number of rotatable bonds is 12. The average Bonchev–Trinajstić information content (AvgIpc) is 2.46.